The minimum Gasteiger partial charge on any atom is -0.373 e. The van der Waals surface area contributed by atoms with Gasteiger partial charge < -0.3 is 15.0 Å². The van der Waals surface area contributed by atoms with E-state index in [9.17, 15) is 0 Å². The van der Waals surface area contributed by atoms with Crippen LogP contribution in [0.25, 0.3) is 0 Å². The molecule has 1 atom stereocenters. The number of H-pyrrole nitrogens is 1. The standard InChI is InChI=1S/C11H21N5O/c1-3-6-17-8-10-13-11(15-14-10)16-5-4-12-9(2)7-16/h9,12H,3-8H2,1-2H3,(H,13,14,15)/t9-/m0/s1. The molecule has 2 heterocycles. The third-order valence-corrected chi connectivity index (χ3v) is 2.76. The van der Waals surface area contributed by atoms with Crippen LogP contribution in [0.4, 0.5) is 5.95 Å². The highest BCUT2D eigenvalue weighted by Gasteiger charge is 2.19. The predicted molar refractivity (Wildman–Crippen MR) is 66.0 cm³/mol. The van der Waals surface area contributed by atoms with Gasteiger partial charge in [0.15, 0.2) is 5.82 Å². The van der Waals surface area contributed by atoms with E-state index in [4.69, 9.17) is 4.74 Å². The van der Waals surface area contributed by atoms with Gasteiger partial charge in [0.25, 0.3) is 0 Å². The first kappa shape index (κ1) is 12.3. The molecule has 0 saturated carbocycles. The molecule has 1 aromatic heterocycles. The maximum atomic E-state index is 5.43. The Balaban J connectivity index is 1.88. The van der Waals surface area contributed by atoms with Gasteiger partial charge in [0.2, 0.25) is 5.95 Å². The van der Waals surface area contributed by atoms with Gasteiger partial charge in [0.1, 0.15) is 6.61 Å². The fraction of sp³-hybridized carbons (Fsp3) is 0.818. The normalized spacial score (nSPS) is 20.8. The molecule has 1 fully saturated rings. The van der Waals surface area contributed by atoms with Gasteiger partial charge in [-0.05, 0) is 13.3 Å². The van der Waals surface area contributed by atoms with Crippen LogP contribution in [0.2, 0.25) is 0 Å². The minimum absolute atomic E-state index is 0.488. The summed E-state index contributed by atoms with van der Waals surface area (Å²) in [6.07, 6.45) is 1.02. The summed E-state index contributed by atoms with van der Waals surface area (Å²) >= 11 is 0. The van der Waals surface area contributed by atoms with E-state index in [1.807, 2.05) is 0 Å². The van der Waals surface area contributed by atoms with Crippen molar-refractivity contribution in [2.45, 2.75) is 32.9 Å². The molecule has 2 rings (SSSR count). The maximum Gasteiger partial charge on any atom is 0.244 e. The first-order valence-corrected chi connectivity index (χ1v) is 6.27. The van der Waals surface area contributed by atoms with E-state index in [2.05, 4.69) is 39.2 Å². The van der Waals surface area contributed by atoms with Crippen LogP contribution in [-0.4, -0.2) is 47.5 Å². The number of aromatic amines is 1. The number of hydrogen-bond acceptors (Lipinski definition) is 5. The van der Waals surface area contributed by atoms with Crippen LogP contribution in [0.15, 0.2) is 0 Å². The summed E-state index contributed by atoms with van der Waals surface area (Å²) < 4.78 is 5.43. The molecule has 1 aliphatic heterocycles. The van der Waals surface area contributed by atoms with Gasteiger partial charge in [-0.2, -0.15) is 4.98 Å². The van der Waals surface area contributed by atoms with Crippen LogP contribution >= 0.6 is 0 Å². The highest BCUT2D eigenvalue weighted by molar-refractivity contribution is 5.29. The first-order chi connectivity index (χ1) is 8.29. The summed E-state index contributed by atoms with van der Waals surface area (Å²) in [4.78, 5) is 6.64. The van der Waals surface area contributed by atoms with Gasteiger partial charge >= 0.3 is 0 Å². The minimum atomic E-state index is 0.488. The van der Waals surface area contributed by atoms with Gasteiger partial charge in [-0.3, -0.25) is 5.10 Å². The van der Waals surface area contributed by atoms with Crippen LogP contribution < -0.4 is 10.2 Å². The van der Waals surface area contributed by atoms with Crippen molar-refractivity contribution in [3.63, 3.8) is 0 Å². The molecule has 0 spiro atoms. The van der Waals surface area contributed by atoms with Gasteiger partial charge in [-0.1, -0.05) is 6.92 Å². The first-order valence-electron chi connectivity index (χ1n) is 6.27. The summed E-state index contributed by atoms with van der Waals surface area (Å²) in [7, 11) is 0. The van der Waals surface area contributed by atoms with Crippen LogP contribution in [0.1, 0.15) is 26.1 Å². The van der Waals surface area contributed by atoms with Gasteiger partial charge in [-0.25, -0.2) is 0 Å². The van der Waals surface area contributed by atoms with Crippen molar-refractivity contribution in [3.8, 4) is 0 Å². The summed E-state index contributed by atoms with van der Waals surface area (Å²) in [5, 5.41) is 10.6. The average molecular weight is 239 g/mol. The number of rotatable bonds is 5. The Morgan fingerprint density at radius 1 is 1.53 bits per heavy atom. The number of ether oxygens (including phenoxy) is 1. The summed E-state index contributed by atoms with van der Waals surface area (Å²) in [5.41, 5.74) is 0. The SMILES string of the molecule is CCCOCc1nc(N2CCN[C@@H](C)C2)n[nH]1. The fourth-order valence-electron chi connectivity index (χ4n) is 1.92. The number of anilines is 1. The lowest BCUT2D eigenvalue weighted by Crippen LogP contribution is -2.49. The van der Waals surface area contributed by atoms with Crippen molar-refractivity contribution in [2.75, 3.05) is 31.1 Å². The second kappa shape index (κ2) is 5.97. The molecule has 1 aromatic rings. The summed E-state index contributed by atoms with van der Waals surface area (Å²) in [6, 6.07) is 0.488. The molecule has 0 radical (unpaired) electrons. The second-order valence-corrected chi connectivity index (χ2v) is 4.44. The van der Waals surface area contributed by atoms with Gasteiger partial charge in [0, 0.05) is 32.3 Å². The maximum absolute atomic E-state index is 5.43. The molecule has 96 valence electrons. The average Bonchev–Trinajstić information content (AvgIpc) is 2.78. The van der Waals surface area contributed by atoms with Crippen molar-refractivity contribution in [1.82, 2.24) is 20.5 Å². The van der Waals surface area contributed by atoms with E-state index < -0.39 is 0 Å². The molecule has 17 heavy (non-hydrogen) atoms. The molecular formula is C11H21N5O. The Hall–Kier alpha value is -1.14. The van der Waals surface area contributed by atoms with E-state index in [-0.39, 0.29) is 0 Å². The van der Waals surface area contributed by atoms with Crippen LogP contribution in [0, 0.1) is 0 Å². The fourth-order valence-corrected chi connectivity index (χ4v) is 1.92. The van der Waals surface area contributed by atoms with Gasteiger partial charge in [-0.15, -0.1) is 5.10 Å². The Labute approximate surface area is 102 Å². The largest absolute Gasteiger partial charge is 0.373 e. The molecule has 0 aromatic carbocycles. The van der Waals surface area contributed by atoms with Crippen LogP contribution in [0.3, 0.4) is 0 Å². The quantitative estimate of drug-likeness (QED) is 0.734. The summed E-state index contributed by atoms with van der Waals surface area (Å²) in [6.45, 7) is 8.43. The molecule has 0 aliphatic carbocycles. The monoisotopic (exact) mass is 239 g/mol. The number of nitrogens with one attached hydrogen (secondary N) is 2. The summed E-state index contributed by atoms with van der Waals surface area (Å²) in [5.74, 6) is 1.59. The highest BCUT2D eigenvalue weighted by atomic mass is 16.5. The molecule has 2 N–H and O–H groups in total. The second-order valence-electron chi connectivity index (χ2n) is 4.44. The van der Waals surface area contributed by atoms with E-state index in [0.717, 1.165) is 44.4 Å². The van der Waals surface area contributed by atoms with Crippen molar-refractivity contribution in [3.05, 3.63) is 5.82 Å². The Morgan fingerprint density at radius 2 is 2.41 bits per heavy atom. The third-order valence-electron chi connectivity index (χ3n) is 2.76. The number of nitrogens with zero attached hydrogens (tertiary/aromatic N) is 3. The van der Waals surface area contributed by atoms with Crippen molar-refractivity contribution < 1.29 is 4.74 Å². The zero-order valence-corrected chi connectivity index (χ0v) is 10.6. The van der Waals surface area contributed by atoms with Crippen molar-refractivity contribution in [2.24, 2.45) is 0 Å². The molecule has 0 unspecified atom stereocenters. The molecular weight excluding hydrogens is 218 g/mol. The Kier molecular flexibility index (Phi) is 4.33. The predicted octanol–water partition coefficient (Wildman–Crippen LogP) is 0.529. The lowest BCUT2D eigenvalue weighted by molar-refractivity contribution is 0.116. The van der Waals surface area contributed by atoms with E-state index in [0.29, 0.717) is 12.6 Å². The van der Waals surface area contributed by atoms with Crippen molar-refractivity contribution >= 4 is 5.95 Å². The van der Waals surface area contributed by atoms with E-state index in [1.54, 1.807) is 0 Å². The Morgan fingerprint density at radius 3 is 3.18 bits per heavy atom. The van der Waals surface area contributed by atoms with E-state index in [1.165, 1.54) is 0 Å². The Bertz CT molecular complexity index is 340. The van der Waals surface area contributed by atoms with Crippen LogP contribution in [-0.2, 0) is 11.3 Å². The molecule has 1 aliphatic rings. The molecule has 6 heteroatoms. The third kappa shape index (κ3) is 3.41. The molecule has 0 bridgehead atoms. The molecule has 6 nitrogen and oxygen atoms in total. The number of piperazine rings is 1. The molecule has 1 saturated heterocycles. The van der Waals surface area contributed by atoms with E-state index >= 15 is 0 Å². The smallest absolute Gasteiger partial charge is 0.244 e. The van der Waals surface area contributed by atoms with Gasteiger partial charge in [0.05, 0.1) is 0 Å². The lowest BCUT2D eigenvalue weighted by atomic mass is 10.2. The number of aromatic nitrogens is 3. The number of hydrogen-bond donors (Lipinski definition) is 2. The molecule has 0 amide bonds. The topological polar surface area (TPSA) is 66.1 Å². The van der Waals surface area contributed by atoms with Crippen molar-refractivity contribution in [1.29, 1.82) is 0 Å². The van der Waals surface area contributed by atoms with Crippen LogP contribution in [0.5, 0.6) is 0 Å². The zero-order valence-electron chi connectivity index (χ0n) is 10.6. The highest BCUT2D eigenvalue weighted by Crippen LogP contribution is 2.10. The zero-order chi connectivity index (χ0) is 12.1. The lowest BCUT2D eigenvalue weighted by Gasteiger charge is -2.30.